The maximum atomic E-state index is 9.15. The van der Waals surface area contributed by atoms with Gasteiger partial charge in [0.15, 0.2) is 0 Å². The van der Waals surface area contributed by atoms with E-state index in [1.165, 1.54) is 0 Å². The molecule has 0 radical (unpaired) electrons. The number of fused-ring (bicyclic) bond motifs is 3. The predicted molar refractivity (Wildman–Crippen MR) is 115 cm³/mol. The second-order valence-electron chi connectivity index (χ2n) is 7.28. The van der Waals surface area contributed by atoms with E-state index in [2.05, 4.69) is 44.5 Å². The summed E-state index contributed by atoms with van der Waals surface area (Å²) < 4.78 is 7.48. The Morgan fingerprint density at radius 2 is 2.03 bits per heavy atom. The van der Waals surface area contributed by atoms with Crippen molar-refractivity contribution in [2.45, 2.75) is 13.0 Å². The molecule has 4 aromatic rings. The molecular weight excluding hydrogens is 378 g/mol. The third-order valence-electron chi connectivity index (χ3n) is 5.39. The highest BCUT2D eigenvalue weighted by Crippen LogP contribution is 2.30. The molecule has 1 fully saturated rings. The molecule has 0 spiro atoms. The first-order valence-corrected chi connectivity index (χ1v) is 9.96. The van der Waals surface area contributed by atoms with Crippen molar-refractivity contribution in [3.05, 3.63) is 60.2 Å². The number of aromatic nitrogens is 4. The van der Waals surface area contributed by atoms with Gasteiger partial charge in [-0.2, -0.15) is 10.2 Å². The summed E-state index contributed by atoms with van der Waals surface area (Å²) in [6, 6.07) is 13.8. The van der Waals surface area contributed by atoms with E-state index in [1.54, 1.807) is 12.3 Å². The quantitative estimate of drug-likeness (QED) is 0.564. The lowest BCUT2D eigenvalue weighted by atomic mass is 10.1. The topological polar surface area (TPSA) is 91.4 Å². The third kappa shape index (κ3) is 3.29. The SMILES string of the molecule is C[C@@H](Nc1nc2nccn2c2ccc(N3CCOCC3)cc12)c1cccc(C#N)n1. The van der Waals surface area contributed by atoms with Crippen LogP contribution in [0.2, 0.25) is 0 Å². The molecule has 5 rings (SSSR count). The summed E-state index contributed by atoms with van der Waals surface area (Å²) in [7, 11) is 0. The lowest BCUT2D eigenvalue weighted by molar-refractivity contribution is 0.122. The van der Waals surface area contributed by atoms with Crippen molar-refractivity contribution in [1.82, 2.24) is 19.4 Å². The van der Waals surface area contributed by atoms with Gasteiger partial charge in [0.25, 0.3) is 0 Å². The van der Waals surface area contributed by atoms with Crippen LogP contribution in [0, 0.1) is 11.3 Å². The number of anilines is 2. The van der Waals surface area contributed by atoms with Crippen LogP contribution >= 0.6 is 0 Å². The largest absolute Gasteiger partial charge is 0.378 e. The number of ether oxygens (including phenoxy) is 1. The van der Waals surface area contributed by atoms with E-state index in [9.17, 15) is 0 Å². The Kier molecular flexibility index (Phi) is 4.65. The van der Waals surface area contributed by atoms with Crippen LogP contribution in [-0.4, -0.2) is 45.7 Å². The zero-order valence-electron chi connectivity index (χ0n) is 16.6. The van der Waals surface area contributed by atoms with E-state index < -0.39 is 0 Å². The zero-order chi connectivity index (χ0) is 20.5. The summed E-state index contributed by atoms with van der Waals surface area (Å²) in [5, 5.41) is 13.6. The molecule has 4 heterocycles. The van der Waals surface area contributed by atoms with Gasteiger partial charge in [-0.05, 0) is 37.3 Å². The molecule has 1 saturated heterocycles. The molecule has 150 valence electrons. The first-order chi connectivity index (χ1) is 14.7. The lowest BCUT2D eigenvalue weighted by Gasteiger charge is -2.29. The van der Waals surface area contributed by atoms with Crippen molar-refractivity contribution < 1.29 is 4.74 Å². The summed E-state index contributed by atoms with van der Waals surface area (Å²) in [6.45, 7) is 5.23. The first-order valence-electron chi connectivity index (χ1n) is 9.96. The molecule has 0 unspecified atom stereocenters. The normalized spacial score (nSPS) is 15.3. The van der Waals surface area contributed by atoms with Crippen LogP contribution in [0.15, 0.2) is 48.8 Å². The van der Waals surface area contributed by atoms with Gasteiger partial charge >= 0.3 is 0 Å². The van der Waals surface area contributed by atoms with Gasteiger partial charge in [-0.3, -0.25) is 4.40 Å². The fourth-order valence-electron chi connectivity index (χ4n) is 3.81. The Balaban J connectivity index is 1.58. The van der Waals surface area contributed by atoms with E-state index in [1.807, 2.05) is 29.7 Å². The first kappa shape index (κ1) is 18.3. The summed E-state index contributed by atoms with van der Waals surface area (Å²) in [6.07, 6.45) is 3.67. The van der Waals surface area contributed by atoms with Crippen LogP contribution < -0.4 is 10.2 Å². The molecule has 8 heteroatoms. The van der Waals surface area contributed by atoms with E-state index in [4.69, 9.17) is 15.0 Å². The number of morpholine rings is 1. The van der Waals surface area contributed by atoms with Crippen LogP contribution in [0.25, 0.3) is 16.7 Å². The van der Waals surface area contributed by atoms with Gasteiger partial charge in [-0.25, -0.2) is 9.97 Å². The minimum atomic E-state index is -0.126. The number of hydrogen-bond acceptors (Lipinski definition) is 7. The number of nitrogens with zero attached hydrogens (tertiary/aromatic N) is 6. The molecule has 30 heavy (non-hydrogen) atoms. The Morgan fingerprint density at radius 3 is 2.87 bits per heavy atom. The Labute approximate surface area is 173 Å². The maximum absolute atomic E-state index is 9.15. The van der Waals surface area contributed by atoms with Crippen LogP contribution in [-0.2, 0) is 4.74 Å². The predicted octanol–water partition coefficient (Wildman–Crippen LogP) is 3.16. The van der Waals surface area contributed by atoms with Gasteiger partial charge in [0.05, 0.1) is 30.5 Å². The smallest absolute Gasteiger partial charge is 0.236 e. The number of nitrogens with one attached hydrogen (secondary N) is 1. The molecule has 1 aliphatic rings. The Morgan fingerprint density at radius 1 is 1.17 bits per heavy atom. The molecule has 1 aliphatic heterocycles. The van der Waals surface area contributed by atoms with Gasteiger partial charge in [-0.1, -0.05) is 6.07 Å². The number of imidazole rings is 1. The maximum Gasteiger partial charge on any atom is 0.236 e. The van der Waals surface area contributed by atoms with Gasteiger partial charge in [0.2, 0.25) is 5.78 Å². The van der Waals surface area contributed by atoms with E-state index in [-0.39, 0.29) is 6.04 Å². The van der Waals surface area contributed by atoms with Crippen LogP contribution in [0.1, 0.15) is 24.4 Å². The summed E-state index contributed by atoms with van der Waals surface area (Å²) >= 11 is 0. The molecule has 1 N–H and O–H groups in total. The number of benzene rings is 1. The summed E-state index contributed by atoms with van der Waals surface area (Å²) in [5.41, 5.74) is 3.36. The average molecular weight is 399 g/mol. The minimum absolute atomic E-state index is 0.126. The second kappa shape index (κ2) is 7.61. The van der Waals surface area contributed by atoms with E-state index in [0.29, 0.717) is 11.5 Å². The molecular formula is C22H21N7O. The highest BCUT2D eigenvalue weighted by molar-refractivity contribution is 5.93. The molecule has 0 saturated carbocycles. The minimum Gasteiger partial charge on any atom is -0.378 e. The molecule has 1 aromatic carbocycles. The zero-order valence-corrected chi connectivity index (χ0v) is 16.6. The standard InChI is InChI=1S/C22H21N7O/c1-15(19-4-2-3-16(14-23)26-19)25-21-18-13-17(28-9-11-30-12-10-28)5-6-20(18)29-8-7-24-22(29)27-21/h2-8,13,15H,9-12H2,1H3,(H,24,25,27)/t15-/m1/s1. The van der Waals surface area contributed by atoms with Gasteiger partial charge in [0, 0.05) is 36.6 Å². The van der Waals surface area contributed by atoms with E-state index >= 15 is 0 Å². The number of nitriles is 1. The Hall–Kier alpha value is -3.70. The number of rotatable bonds is 4. The highest BCUT2D eigenvalue weighted by atomic mass is 16.5. The molecule has 0 amide bonds. The van der Waals surface area contributed by atoms with E-state index in [0.717, 1.165) is 54.4 Å². The fraction of sp³-hybridized carbons (Fsp3) is 0.273. The molecule has 0 aliphatic carbocycles. The monoisotopic (exact) mass is 399 g/mol. The third-order valence-corrected chi connectivity index (χ3v) is 5.39. The summed E-state index contributed by atoms with van der Waals surface area (Å²) in [5.74, 6) is 1.38. The molecule has 3 aromatic heterocycles. The molecule has 0 bridgehead atoms. The van der Waals surface area contributed by atoms with Gasteiger partial charge in [-0.15, -0.1) is 0 Å². The lowest BCUT2D eigenvalue weighted by Crippen LogP contribution is -2.36. The average Bonchev–Trinajstić information content (AvgIpc) is 3.28. The molecule has 8 nitrogen and oxygen atoms in total. The van der Waals surface area contributed by atoms with Gasteiger partial charge in [0.1, 0.15) is 17.6 Å². The van der Waals surface area contributed by atoms with Crippen LogP contribution in [0.4, 0.5) is 11.5 Å². The molecule has 1 atom stereocenters. The van der Waals surface area contributed by atoms with Crippen molar-refractivity contribution >= 4 is 28.2 Å². The van der Waals surface area contributed by atoms with Crippen LogP contribution in [0.5, 0.6) is 0 Å². The Bertz CT molecular complexity index is 1250. The van der Waals surface area contributed by atoms with Crippen LogP contribution in [0.3, 0.4) is 0 Å². The van der Waals surface area contributed by atoms with Crippen molar-refractivity contribution in [2.75, 3.05) is 36.5 Å². The fourth-order valence-corrected chi connectivity index (χ4v) is 3.81. The van der Waals surface area contributed by atoms with Crippen molar-refractivity contribution in [2.24, 2.45) is 0 Å². The highest BCUT2D eigenvalue weighted by Gasteiger charge is 2.17. The van der Waals surface area contributed by atoms with Crippen molar-refractivity contribution in [3.63, 3.8) is 0 Å². The second-order valence-corrected chi connectivity index (χ2v) is 7.28. The van der Waals surface area contributed by atoms with Gasteiger partial charge < -0.3 is 15.0 Å². The number of pyridine rings is 1. The number of hydrogen-bond donors (Lipinski definition) is 1. The summed E-state index contributed by atoms with van der Waals surface area (Å²) in [4.78, 5) is 15.9. The van der Waals surface area contributed by atoms with Crippen molar-refractivity contribution in [1.29, 1.82) is 5.26 Å². The van der Waals surface area contributed by atoms with Crippen molar-refractivity contribution in [3.8, 4) is 6.07 Å².